The molecular weight excluding hydrogens is 164 g/mol. The highest BCUT2D eigenvalue weighted by Crippen LogP contribution is 2.25. The van der Waals surface area contributed by atoms with Crippen LogP contribution in [0.25, 0.3) is 0 Å². The molecule has 0 aliphatic carbocycles. The molecule has 0 aromatic carbocycles. The van der Waals surface area contributed by atoms with E-state index in [2.05, 4.69) is 0 Å². The molecule has 72 valence electrons. The first-order valence-electron chi connectivity index (χ1n) is 3.83. The maximum absolute atomic E-state index is 8.99. The molecule has 0 bridgehead atoms. The van der Waals surface area contributed by atoms with Crippen LogP contribution in [0.3, 0.4) is 0 Å². The normalized spacial score (nSPS) is 28.8. The minimum absolute atomic E-state index is 0.0532. The van der Waals surface area contributed by atoms with Gasteiger partial charge in [-0.15, -0.1) is 0 Å². The van der Waals surface area contributed by atoms with Crippen LogP contribution >= 0.6 is 0 Å². The standard InChI is InChI=1S/C7H14O5/c8-1-6-2-11-5-12-7(6,3-9)4-10/h6,8-10H,1-5H2. The van der Waals surface area contributed by atoms with Crippen LogP contribution in [-0.2, 0) is 9.47 Å². The zero-order chi connectivity index (χ0) is 9.03. The number of rotatable bonds is 3. The van der Waals surface area contributed by atoms with E-state index in [1.807, 2.05) is 0 Å². The monoisotopic (exact) mass is 178 g/mol. The van der Waals surface area contributed by atoms with Gasteiger partial charge in [0.1, 0.15) is 12.4 Å². The summed E-state index contributed by atoms with van der Waals surface area (Å²) in [5, 5.41) is 26.9. The summed E-state index contributed by atoms with van der Waals surface area (Å²) in [6, 6.07) is 0. The number of aliphatic hydroxyl groups excluding tert-OH is 3. The summed E-state index contributed by atoms with van der Waals surface area (Å²) >= 11 is 0. The van der Waals surface area contributed by atoms with Crippen molar-refractivity contribution in [2.24, 2.45) is 5.92 Å². The Morgan fingerprint density at radius 1 is 1.25 bits per heavy atom. The smallest absolute Gasteiger partial charge is 0.147 e. The van der Waals surface area contributed by atoms with E-state index in [1.165, 1.54) is 0 Å². The predicted octanol–water partition coefficient (Wildman–Crippen LogP) is -1.68. The highest BCUT2D eigenvalue weighted by molar-refractivity contribution is 4.88. The van der Waals surface area contributed by atoms with E-state index in [9.17, 15) is 0 Å². The Hall–Kier alpha value is -0.200. The van der Waals surface area contributed by atoms with E-state index < -0.39 is 5.60 Å². The van der Waals surface area contributed by atoms with Gasteiger partial charge in [-0.3, -0.25) is 0 Å². The predicted molar refractivity (Wildman–Crippen MR) is 39.4 cm³/mol. The summed E-state index contributed by atoms with van der Waals surface area (Å²) in [4.78, 5) is 0. The maximum Gasteiger partial charge on any atom is 0.147 e. The summed E-state index contributed by atoms with van der Waals surface area (Å²) in [5.74, 6) is -0.360. The van der Waals surface area contributed by atoms with Gasteiger partial charge in [-0.1, -0.05) is 0 Å². The molecule has 1 atom stereocenters. The van der Waals surface area contributed by atoms with Gasteiger partial charge in [0, 0.05) is 5.92 Å². The zero-order valence-corrected chi connectivity index (χ0v) is 6.77. The molecular formula is C7H14O5. The van der Waals surface area contributed by atoms with Crippen molar-refractivity contribution < 1.29 is 24.8 Å². The Labute approximate surface area is 70.5 Å². The molecule has 0 aromatic rings. The fourth-order valence-corrected chi connectivity index (χ4v) is 1.24. The van der Waals surface area contributed by atoms with Crippen LogP contribution in [0, 0.1) is 5.92 Å². The molecule has 12 heavy (non-hydrogen) atoms. The molecule has 1 unspecified atom stereocenters. The number of aliphatic hydroxyl groups is 3. The Bertz CT molecular complexity index is 134. The van der Waals surface area contributed by atoms with Gasteiger partial charge in [-0.2, -0.15) is 0 Å². The fourth-order valence-electron chi connectivity index (χ4n) is 1.24. The van der Waals surface area contributed by atoms with E-state index in [0.717, 1.165) is 0 Å². The lowest BCUT2D eigenvalue weighted by atomic mass is 9.89. The Kier molecular flexibility index (Phi) is 3.42. The minimum Gasteiger partial charge on any atom is -0.396 e. The van der Waals surface area contributed by atoms with E-state index in [-0.39, 0.29) is 32.5 Å². The van der Waals surface area contributed by atoms with Crippen molar-refractivity contribution in [2.75, 3.05) is 33.2 Å². The Balaban J connectivity index is 2.66. The number of hydrogen-bond acceptors (Lipinski definition) is 5. The molecule has 1 aliphatic heterocycles. The van der Waals surface area contributed by atoms with Gasteiger partial charge in [-0.05, 0) is 0 Å². The van der Waals surface area contributed by atoms with Crippen molar-refractivity contribution in [2.45, 2.75) is 5.60 Å². The van der Waals surface area contributed by atoms with E-state index in [0.29, 0.717) is 6.61 Å². The summed E-state index contributed by atoms with van der Waals surface area (Å²) < 4.78 is 10.0. The number of hydrogen-bond donors (Lipinski definition) is 3. The molecule has 1 heterocycles. The van der Waals surface area contributed by atoms with Crippen LogP contribution < -0.4 is 0 Å². The highest BCUT2D eigenvalue weighted by atomic mass is 16.7. The lowest BCUT2D eigenvalue weighted by molar-refractivity contribution is -0.255. The molecule has 1 saturated heterocycles. The van der Waals surface area contributed by atoms with Crippen LogP contribution in [0.5, 0.6) is 0 Å². The van der Waals surface area contributed by atoms with Crippen LogP contribution in [0.1, 0.15) is 0 Å². The third-order valence-corrected chi connectivity index (χ3v) is 2.25. The average molecular weight is 178 g/mol. The second-order valence-corrected chi connectivity index (χ2v) is 2.89. The molecule has 0 spiro atoms. The largest absolute Gasteiger partial charge is 0.396 e. The summed E-state index contributed by atoms with van der Waals surface area (Å²) in [6.07, 6.45) is 0. The van der Waals surface area contributed by atoms with Crippen LogP contribution in [-0.4, -0.2) is 54.1 Å². The lowest BCUT2D eigenvalue weighted by Gasteiger charge is -2.40. The molecule has 5 heteroatoms. The first-order valence-corrected chi connectivity index (χ1v) is 3.83. The second-order valence-electron chi connectivity index (χ2n) is 2.89. The van der Waals surface area contributed by atoms with E-state index >= 15 is 0 Å². The molecule has 3 N–H and O–H groups in total. The Morgan fingerprint density at radius 3 is 2.33 bits per heavy atom. The van der Waals surface area contributed by atoms with Crippen LogP contribution in [0.15, 0.2) is 0 Å². The SMILES string of the molecule is OCC1COCOC1(CO)CO. The summed E-state index contributed by atoms with van der Waals surface area (Å²) in [5.41, 5.74) is -1.03. The summed E-state index contributed by atoms with van der Waals surface area (Å²) in [6.45, 7) is -0.424. The van der Waals surface area contributed by atoms with Gasteiger partial charge in [0.25, 0.3) is 0 Å². The average Bonchev–Trinajstić information content (AvgIpc) is 2.17. The molecule has 0 aromatic heterocycles. The van der Waals surface area contributed by atoms with Gasteiger partial charge in [0.2, 0.25) is 0 Å². The second kappa shape index (κ2) is 4.15. The fraction of sp³-hybridized carbons (Fsp3) is 1.00. The third-order valence-electron chi connectivity index (χ3n) is 2.25. The van der Waals surface area contributed by atoms with Crippen molar-refractivity contribution in [3.8, 4) is 0 Å². The van der Waals surface area contributed by atoms with Crippen molar-refractivity contribution in [1.29, 1.82) is 0 Å². The topological polar surface area (TPSA) is 79.2 Å². The number of ether oxygens (including phenoxy) is 2. The van der Waals surface area contributed by atoms with Gasteiger partial charge in [0.15, 0.2) is 0 Å². The molecule has 1 fully saturated rings. The molecule has 1 aliphatic rings. The lowest BCUT2D eigenvalue weighted by Crippen LogP contribution is -2.54. The van der Waals surface area contributed by atoms with Crippen molar-refractivity contribution in [1.82, 2.24) is 0 Å². The third kappa shape index (κ3) is 1.60. The van der Waals surface area contributed by atoms with Crippen LogP contribution in [0.4, 0.5) is 0 Å². The van der Waals surface area contributed by atoms with Crippen molar-refractivity contribution in [3.63, 3.8) is 0 Å². The zero-order valence-electron chi connectivity index (χ0n) is 6.77. The van der Waals surface area contributed by atoms with Gasteiger partial charge < -0.3 is 24.8 Å². The molecule has 0 amide bonds. The van der Waals surface area contributed by atoms with E-state index in [4.69, 9.17) is 24.8 Å². The van der Waals surface area contributed by atoms with Gasteiger partial charge in [-0.25, -0.2) is 0 Å². The van der Waals surface area contributed by atoms with Gasteiger partial charge >= 0.3 is 0 Å². The quantitative estimate of drug-likeness (QED) is 0.481. The summed E-state index contributed by atoms with van der Waals surface area (Å²) in [7, 11) is 0. The molecule has 5 nitrogen and oxygen atoms in total. The van der Waals surface area contributed by atoms with Crippen molar-refractivity contribution >= 4 is 0 Å². The first kappa shape index (κ1) is 9.88. The minimum atomic E-state index is -1.03. The highest BCUT2D eigenvalue weighted by Gasteiger charge is 2.41. The maximum atomic E-state index is 8.99. The molecule has 0 saturated carbocycles. The van der Waals surface area contributed by atoms with Crippen molar-refractivity contribution in [3.05, 3.63) is 0 Å². The molecule has 0 radical (unpaired) electrons. The first-order chi connectivity index (χ1) is 5.79. The Morgan fingerprint density at radius 2 is 1.92 bits per heavy atom. The van der Waals surface area contributed by atoms with E-state index in [1.54, 1.807) is 0 Å². The van der Waals surface area contributed by atoms with Gasteiger partial charge in [0.05, 0.1) is 26.4 Å². The van der Waals surface area contributed by atoms with Crippen LogP contribution in [0.2, 0.25) is 0 Å². The molecule has 1 rings (SSSR count).